The highest BCUT2D eigenvalue weighted by Crippen LogP contribution is 2.53. The Kier molecular flexibility index (Phi) is 2.59. The first-order chi connectivity index (χ1) is 9.28. The number of halogens is 2. The van der Waals surface area contributed by atoms with Gasteiger partial charge in [-0.3, -0.25) is 0 Å². The quantitative estimate of drug-likeness (QED) is 0.764. The van der Waals surface area contributed by atoms with Gasteiger partial charge in [0.25, 0.3) is 0 Å². The highest BCUT2D eigenvalue weighted by molar-refractivity contribution is 6.16. The number of rotatable bonds is 4. The van der Waals surface area contributed by atoms with Gasteiger partial charge in [-0.15, -0.1) is 11.6 Å². The van der Waals surface area contributed by atoms with E-state index in [-0.39, 0.29) is 5.82 Å². The number of nitrogens with zero attached hydrogens (tertiary/aromatic N) is 2. The SMILES string of the molecule is Fc1ccc2c(c1)nc(CCl)n2C(C1CC1)C1CC1. The molecule has 4 heteroatoms. The van der Waals surface area contributed by atoms with Crippen LogP contribution in [0.15, 0.2) is 18.2 Å². The molecule has 0 radical (unpaired) electrons. The summed E-state index contributed by atoms with van der Waals surface area (Å²) in [5.41, 5.74) is 1.78. The first-order valence-corrected chi connectivity index (χ1v) is 7.53. The summed E-state index contributed by atoms with van der Waals surface area (Å²) >= 11 is 6.06. The minimum atomic E-state index is -0.229. The van der Waals surface area contributed by atoms with Gasteiger partial charge in [0.15, 0.2) is 0 Å². The molecule has 0 bridgehead atoms. The molecule has 0 saturated heterocycles. The second kappa shape index (κ2) is 4.20. The second-order valence-corrected chi connectivity index (χ2v) is 6.10. The molecule has 1 heterocycles. The number of fused-ring (bicyclic) bond motifs is 1. The van der Waals surface area contributed by atoms with E-state index in [1.165, 1.54) is 37.8 Å². The summed E-state index contributed by atoms with van der Waals surface area (Å²) in [6.45, 7) is 0. The molecule has 1 aromatic carbocycles. The van der Waals surface area contributed by atoms with E-state index in [0.29, 0.717) is 11.9 Å². The fourth-order valence-electron chi connectivity index (χ4n) is 3.23. The molecule has 100 valence electrons. The van der Waals surface area contributed by atoms with E-state index in [2.05, 4.69) is 9.55 Å². The van der Waals surface area contributed by atoms with E-state index in [0.717, 1.165) is 28.7 Å². The van der Waals surface area contributed by atoms with E-state index < -0.39 is 0 Å². The first-order valence-electron chi connectivity index (χ1n) is 7.00. The number of benzene rings is 1. The molecule has 2 fully saturated rings. The Labute approximate surface area is 116 Å². The van der Waals surface area contributed by atoms with Crippen molar-refractivity contribution in [3.8, 4) is 0 Å². The molecule has 0 atom stereocenters. The molecular weight excluding hydrogens is 263 g/mol. The molecule has 1 aromatic heterocycles. The Morgan fingerprint density at radius 1 is 1.26 bits per heavy atom. The van der Waals surface area contributed by atoms with Gasteiger partial charge in [-0.25, -0.2) is 9.37 Å². The maximum absolute atomic E-state index is 13.3. The van der Waals surface area contributed by atoms with Gasteiger partial charge in [-0.05, 0) is 49.7 Å². The van der Waals surface area contributed by atoms with Gasteiger partial charge in [0.2, 0.25) is 0 Å². The van der Waals surface area contributed by atoms with Gasteiger partial charge in [-0.2, -0.15) is 0 Å². The highest BCUT2D eigenvalue weighted by atomic mass is 35.5. The smallest absolute Gasteiger partial charge is 0.125 e. The van der Waals surface area contributed by atoms with Gasteiger partial charge >= 0.3 is 0 Å². The molecule has 2 nitrogen and oxygen atoms in total. The highest BCUT2D eigenvalue weighted by Gasteiger charge is 2.43. The van der Waals surface area contributed by atoms with Crippen molar-refractivity contribution in [3.63, 3.8) is 0 Å². The average molecular weight is 279 g/mol. The lowest BCUT2D eigenvalue weighted by Crippen LogP contribution is -2.15. The van der Waals surface area contributed by atoms with Gasteiger partial charge in [0, 0.05) is 12.1 Å². The summed E-state index contributed by atoms with van der Waals surface area (Å²) in [4.78, 5) is 4.52. The van der Waals surface area contributed by atoms with Gasteiger partial charge in [0.1, 0.15) is 11.6 Å². The van der Waals surface area contributed by atoms with Crippen LogP contribution in [-0.2, 0) is 5.88 Å². The van der Waals surface area contributed by atoms with Crippen molar-refractivity contribution in [1.29, 1.82) is 0 Å². The van der Waals surface area contributed by atoms with E-state index in [1.807, 2.05) is 6.07 Å². The third-order valence-corrected chi connectivity index (χ3v) is 4.59. The van der Waals surface area contributed by atoms with Crippen LogP contribution in [0.4, 0.5) is 4.39 Å². The van der Waals surface area contributed by atoms with Crippen molar-refractivity contribution >= 4 is 22.6 Å². The molecule has 0 unspecified atom stereocenters. The standard InChI is InChI=1S/C15H16ClFN2/c16-8-14-18-12-7-11(17)5-6-13(12)19(14)15(9-1-2-9)10-3-4-10/h5-7,9-10,15H,1-4,8H2. The summed E-state index contributed by atoms with van der Waals surface area (Å²) in [5, 5.41) is 0. The van der Waals surface area contributed by atoms with Crippen molar-refractivity contribution in [1.82, 2.24) is 9.55 Å². The minimum Gasteiger partial charge on any atom is -0.323 e. The van der Waals surface area contributed by atoms with Gasteiger partial charge in [-0.1, -0.05) is 0 Å². The molecule has 0 aliphatic heterocycles. The molecule has 2 aliphatic rings. The number of imidazole rings is 1. The van der Waals surface area contributed by atoms with Crippen LogP contribution in [0.3, 0.4) is 0 Å². The summed E-state index contributed by atoms with van der Waals surface area (Å²) < 4.78 is 15.6. The number of hydrogen-bond acceptors (Lipinski definition) is 1. The monoisotopic (exact) mass is 278 g/mol. The summed E-state index contributed by atoms with van der Waals surface area (Å²) in [6.07, 6.45) is 5.24. The third kappa shape index (κ3) is 1.95. The van der Waals surface area contributed by atoms with Gasteiger partial charge < -0.3 is 4.57 Å². The van der Waals surface area contributed by atoms with Crippen LogP contribution >= 0.6 is 11.6 Å². The fraction of sp³-hybridized carbons (Fsp3) is 0.533. The Bertz CT molecular complexity index is 616. The Hall–Kier alpha value is -1.09. The molecule has 19 heavy (non-hydrogen) atoms. The van der Waals surface area contributed by atoms with Crippen molar-refractivity contribution in [3.05, 3.63) is 29.8 Å². The maximum atomic E-state index is 13.3. The van der Waals surface area contributed by atoms with Crippen molar-refractivity contribution in [2.24, 2.45) is 11.8 Å². The minimum absolute atomic E-state index is 0.229. The molecule has 2 saturated carbocycles. The van der Waals surface area contributed by atoms with Crippen LogP contribution in [0.25, 0.3) is 11.0 Å². The predicted molar refractivity (Wildman–Crippen MR) is 73.7 cm³/mol. The van der Waals surface area contributed by atoms with Crippen LogP contribution in [0.2, 0.25) is 0 Å². The van der Waals surface area contributed by atoms with Crippen LogP contribution < -0.4 is 0 Å². The lowest BCUT2D eigenvalue weighted by atomic mass is 10.1. The first kappa shape index (κ1) is 11.7. The van der Waals surface area contributed by atoms with Crippen LogP contribution in [0, 0.1) is 17.7 Å². The average Bonchev–Trinajstić information content (AvgIpc) is 3.28. The number of hydrogen-bond donors (Lipinski definition) is 0. The number of alkyl halides is 1. The largest absolute Gasteiger partial charge is 0.323 e. The summed E-state index contributed by atoms with van der Waals surface area (Å²) in [6, 6.07) is 5.42. The lowest BCUT2D eigenvalue weighted by Gasteiger charge is -2.20. The molecule has 0 amide bonds. The Morgan fingerprint density at radius 2 is 1.95 bits per heavy atom. The van der Waals surface area contributed by atoms with Crippen molar-refractivity contribution in [2.45, 2.75) is 37.6 Å². The zero-order valence-electron chi connectivity index (χ0n) is 10.6. The molecule has 2 aromatic rings. The van der Waals surface area contributed by atoms with E-state index in [4.69, 9.17) is 11.6 Å². The zero-order valence-corrected chi connectivity index (χ0v) is 11.4. The molecule has 2 aliphatic carbocycles. The Balaban J connectivity index is 1.90. The third-order valence-electron chi connectivity index (χ3n) is 4.35. The second-order valence-electron chi connectivity index (χ2n) is 5.83. The molecular formula is C15H16ClFN2. The zero-order chi connectivity index (χ0) is 13.0. The molecule has 4 rings (SSSR count). The number of aromatic nitrogens is 2. The van der Waals surface area contributed by atoms with E-state index >= 15 is 0 Å². The van der Waals surface area contributed by atoms with Crippen LogP contribution in [0.5, 0.6) is 0 Å². The fourth-order valence-corrected chi connectivity index (χ4v) is 3.42. The lowest BCUT2D eigenvalue weighted by molar-refractivity contribution is 0.396. The van der Waals surface area contributed by atoms with E-state index in [1.54, 1.807) is 0 Å². The maximum Gasteiger partial charge on any atom is 0.125 e. The normalized spacial score (nSPS) is 19.5. The Morgan fingerprint density at radius 3 is 2.53 bits per heavy atom. The van der Waals surface area contributed by atoms with Crippen molar-refractivity contribution in [2.75, 3.05) is 0 Å². The predicted octanol–water partition coefficient (Wildman–Crippen LogP) is 4.28. The summed E-state index contributed by atoms with van der Waals surface area (Å²) in [7, 11) is 0. The van der Waals surface area contributed by atoms with Crippen LogP contribution in [0.1, 0.15) is 37.5 Å². The van der Waals surface area contributed by atoms with Crippen LogP contribution in [-0.4, -0.2) is 9.55 Å². The van der Waals surface area contributed by atoms with E-state index in [9.17, 15) is 4.39 Å². The summed E-state index contributed by atoms with van der Waals surface area (Å²) in [5.74, 6) is 2.61. The molecule has 0 spiro atoms. The molecule has 0 N–H and O–H groups in total. The van der Waals surface area contributed by atoms with Crippen molar-refractivity contribution < 1.29 is 4.39 Å². The topological polar surface area (TPSA) is 17.8 Å². The van der Waals surface area contributed by atoms with Gasteiger partial charge in [0.05, 0.1) is 16.9 Å².